The first-order valence-corrected chi connectivity index (χ1v) is 8.50. The Balaban J connectivity index is 1.46. The lowest BCUT2D eigenvalue weighted by molar-refractivity contribution is 0.0951. The Morgan fingerprint density at radius 3 is 2.59 bits per heavy atom. The molecule has 1 aliphatic rings. The number of rotatable bonds is 4. The Morgan fingerprint density at radius 2 is 1.78 bits per heavy atom. The highest BCUT2D eigenvalue weighted by Crippen LogP contribution is 2.32. The van der Waals surface area contributed by atoms with Crippen molar-refractivity contribution in [2.75, 3.05) is 6.79 Å². The molecular formula is C22H16N2O3. The van der Waals surface area contributed by atoms with Crippen molar-refractivity contribution in [1.82, 2.24) is 5.32 Å². The van der Waals surface area contributed by atoms with Gasteiger partial charge in [-0.2, -0.15) is 5.26 Å². The summed E-state index contributed by atoms with van der Waals surface area (Å²) in [6.07, 6.45) is 0. The van der Waals surface area contributed by atoms with Gasteiger partial charge in [-0.05, 0) is 53.1 Å². The highest BCUT2D eigenvalue weighted by Gasteiger charge is 2.14. The average molecular weight is 356 g/mol. The van der Waals surface area contributed by atoms with Gasteiger partial charge in [0.05, 0.1) is 11.6 Å². The first-order valence-electron chi connectivity index (χ1n) is 8.50. The van der Waals surface area contributed by atoms with Gasteiger partial charge in [-0.1, -0.05) is 30.3 Å². The van der Waals surface area contributed by atoms with Crippen molar-refractivity contribution in [1.29, 1.82) is 5.26 Å². The summed E-state index contributed by atoms with van der Waals surface area (Å²) in [5.41, 5.74) is 4.01. The number of hydrogen-bond acceptors (Lipinski definition) is 4. The van der Waals surface area contributed by atoms with Crippen LogP contribution < -0.4 is 14.8 Å². The van der Waals surface area contributed by atoms with Crippen molar-refractivity contribution in [2.24, 2.45) is 0 Å². The number of fused-ring (bicyclic) bond motifs is 1. The van der Waals surface area contributed by atoms with Crippen LogP contribution >= 0.6 is 0 Å². The molecule has 3 aromatic rings. The zero-order valence-corrected chi connectivity index (χ0v) is 14.4. The van der Waals surface area contributed by atoms with Crippen LogP contribution in [0.2, 0.25) is 0 Å². The molecule has 0 radical (unpaired) electrons. The van der Waals surface area contributed by atoms with Crippen LogP contribution in [0.4, 0.5) is 0 Å². The first-order chi connectivity index (χ1) is 13.2. The SMILES string of the molecule is N#Cc1ccc(-c2cccc(C(=O)NCc3ccc4c(c3)OCO4)c2)cc1. The van der Waals surface area contributed by atoms with Crippen LogP contribution in [0.5, 0.6) is 11.5 Å². The molecule has 27 heavy (non-hydrogen) atoms. The van der Waals surface area contributed by atoms with Gasteiger partial charge in [-0.15, -0.1) is 0 Å². The van der Waals surface area contributed by atoms with Crippen molar-refractivity contribution in [3.8, 4) is 28.7 Å². The van der Waals surface area contributed by atoms with Crippen molar-refractivity contribution >= 4 is 5.91 Å². The van der Waals surface area contributed by atoms with E-state index in [1.807, 2.05) is 48.5 Å². The number of amides is 1. The van der Waals surface area contributed by atoms with Crippen molar-refractivity contribution in [3.63, 3.8) is 0 Å². The molecule has 0 fully saturated rings. The first kappa shape index (κ1) is 16.7. The fourth-order valence-electron chi connectivity index (χ4n) is 2.91. The van der Waals surface area contributed by atoms with E-state index in [-0.39, 0.29) is 12.7 Å². The summed E-state index contributed by atoms with van der Waals surface area (Å²) in [6.45, 7) is 0.629. The zero-order valence-electron chi connectivity index (χ0n) is 14.4. The molecular weight excluding hydrogens is 340 g/mol. The van der Waals surface area contributed by atoms with Gasteiger partial charge in [-0.3, -0.25) is 4.79 Å². The molecule has 1 aliphatic heterocycles. The molecule has 1 heterocycles. The second-order valence-electron chi connectivity index (χ2n) is 6.14. The van der Waals surface area contributed by atoms with Crippen LogP contribution in [-0.2, 0) is 6.54 Å². The Hall–Kier alpha value is -3.78. The van der Waals surface area contributed by atoms with E-state index in [9.17, 15) is 4.79 Å². The number of carbonyl (C=O) groups is 1. The summed E-state index contributed by atoms with van der Waals surface area (Å²) in [5, 5.41) is 11.8. The molecule has 0 aliphatic carbocycles. The number of carbonyl (C=O) groups excluding carboxylic acids is 1. The monoisotopic (exact) mass is 356 g/mol. The highest BCUT2D eigenvalue weighted by atomic mass is 16.7. The van der Waals surface area contributed by atoms with Crippen molar-refractivity contribution < 1.29 is 14.3 Å². The van der Waals surface area contributed by atoms with Crippen molar-refractivity contribution in [2.45, 2.75) is 6.54 Å². The van der Waals surface area contributed by atoms with Gasteiger partial charge in [0.15, 0.2) is 11.5 Å². The summed E-state index contributed by atoms with van der Waals surface area (Å²) >= 11 is 0. The average Bonchev–Trinajstić information content (AvgIpc) is 3.20. The Morgan fingerprint density at radius 1 is 0.963 bits per heavy atom. The Bertz CT molecular complexity index is 1040. The molecule has 0 bridgehead atoms. The van der Waals surface area contributed by atoms with Gasteiger partial charge in [0.25, 0.3) is 5.91 Å². The molecule has 3 aromatic carbocycles. The smallest absolute Gasteiger partial charge is 0.251 e. The van der Waals surface area contributed by atoms with E-state index in [1.54, 1.807) is 18.2 Å². The molecule has 0 saturated heterocycles. The second-order valence-corrected chi connectivity index (χ2v) is 6.14. The van der Waals surface area contributed by atoms with E-state index >= 15 is 0 Å². The number of nitrogens with one attached hydrogen (secondary N) is 1. The van der Waals surface area contributed by atoms with Gasteiger partial charge < -0.3 is 14.8 Å². The van der Waals surface area contributed by atoms with Crippen LogP contribution in [-0.4, -0.2) is 12.7 Å². The van der Waals surface area contributed by atoms with Crippen LogP contribution in [0.25, 0.3) is 11.1 Å². The van der Waals surface area contributed by atoms with Crippen LogP contribution in [0.15, 0.2) is 66.7 Å². The predicted molar refractivity (Wildman–Crippen MR) is 100 cm³/mol. The van der Waals surface area contributed by atoms with Gasteiger partial charge in [-0.25, -0.2) is 0 Å². The summed E-state index contributed by atoms with van der Waals surface area (Å²) in [5.74, 6) is 1.27. The standard InChI is InChI=1S/C22H16N2O3/c23-12-15-4-7-17(8-5-15)18-2-1-3-19(11-18)22(25)24-13-16-6-9-20-21(10-16)27-14-26-20/h1-11H,13-14H2,(H,24,25). The number of nitriles is 1. The summed E-state index contributed by atoms with van der Waals surface area (Å²) in [7, 11) is 0. The van der Waals surface area contributed by atoms with E-state index in [0.29, 0.717) is 23.4 Å². The molecule has 0 atom stereocenters. The topological polar surface area (TPSA) is 71.4 Å². The minimum atomic E-state index is -0.150. The fourth-order valence-corrected chi connectivity index (χ4v) is 2.91. The minimum absolute atomic E-state index is 0.150. The van der Waals surface area contributed by atoms with Gasteiger partial charge >= 0.3 is 0 Å². The van der Waals surface area contributed by atoms with Gasteiger partial charge in [0, 0.05) is 12.1 Å². The lowest BCUT2D eigenvalue weighted by Crippen LogP contribution is -2.22. The van der Waals surface area contributed by atoms with E-state index in [4.69, 9.17) is 14.7 Å². The normalized spacial score (nSPS) is 11.7. The molecule has 0 saturated carbocycles. The van der Waals surface area contributed by atoms with E-state index in [2.05, 4.69) is 11.4 Å². The lowest BCUT2D eigenvalue weighted by atomic mass is 10.0. The number of ether oxygens (including phenoxy) is 2. The molecule has 4 rings (SSSR count). The molecule has 132 valence electrons. The zero-order chi connectivity index (χ0) is 18.6. The molecule has 5 nitrogen and oxygen atoms in total. The number of nitrogens with zero attached hydrogens (tertiary/aromatic N) is 1. The van der Waals surface area contributed by atoms with Crippen LogP contribution in [0, 0.1) is 11.3 Å². The lowest BCUT2D eigenvalue weighted by Gasteiger charge is -2.08. The predicted octanol–water partition coefficient (Wildman–Crippen LogP) is 3.88. The van der Waals surface area contributed by atoms with Gasteiger partial charge in [0.2, 0.25) is 6.79 Å². The van der Waals surface area contributed by atoms with E-state index in [1.165, 1.54) is 0 Å². The molecule has 0 spiro atoms. The second kappa shape index (κ2) is 7.22. The summed E-state index contributed by atoms with van der Waals surface area (Å²) in [4.78, 5) is 12.5. The maximum Gasteiger partial charge on any atom is 0.251 e. The third-order valence-corrected chi connectivity index (χ3v) is 4.36. The fraction of sp³-hybridized carbons (Fsp3) is 0.0909. The van der Waals surface area contributed by atoms with Crippen molar-refractivity contribution in [3.05, 3.63) is 83.4 Å². The summed E-state index contributed by atoms with van der Waals surface area (Å²) < 4.78 is 10.6. The molecule has 1 N–H and O–H groups in total. The largest absolute Gasteiger partial charge is 0.454 e. The van der Waals surface area contributed by atoms with Crippen LogP contribution in [0.3, 0.4) is 0 Å². The maximum absolute atomic E-state index is 12.5. The summed E-state index contributed by atoms with van der Waals surface area (Å²) in [6, 6.07) is 22.4. The maximum atomic E-state index is 12.5. The molecule has 0 aromatic heterocycles. The van der Waals surface area contributed by atoms with E-state index in [0.717, 1.165) is 22.4 Å². The number of benzene rings is 3. The molecule has 5 heteroatoms. The Kier molecular flexibility index (Phi) is 4.46. The third kappa shape index (κ3) is 3.60. The third-order valence-electron chi connectivity index (χ3n) is 4.36. The van der Waals surface area contributed by atoms with Gasteiger partial charge in [0.1, 0.15) is 0 Å². The highest BCUT2D eigenvalue weighted by molar-refractivity contribution is 5.95. The molecule has 0 unspecified atom stereocenters. The van der Waals surface area contributed by atoms with E-state index < -0.39 is 0 Å². The number of hydrogen-bond donors (Lipinski definition) is 1. The minimum Gasteiger partial charge on any atom is -0.454 e. The molecule has 1 amide bonds. The Labute approximate surface area is 156 Å². The quantitative estimate of drug-likeness (QED) is 0.770. The van der Waals surface area contributed by atoms with Crippen LogP contribution in [0.1, 0.15) is 21.5 Å².